The third kappa shape index (κ3) is 5.12. The van der Waals surface area contributed by atoms with Crippen molar-refractivity contribution in [2.24, 2.45) is 0 Å². The van der Waals surface area contributed by atoms with Crippen molar-refractivity contribution in [1.82, 2.24) is 5.32 Å². The first-order valence-corrected chi connectivity index (χ1v) is 9.76. The van der Waals surface area contributed by atoms with Crippen molar-refractivity contribution >= 4 is 17.5 Å². The van der Waals surface area contributed by atoms with Crippen molar-refractivity contribution in [1.29, 1.82) is 5.26 Å². The fourth-order valence-electron chi connectivity index (χ4n) is 3.19. The highest BCUT2D eigenvalue weighted by Gasteiger charge is 2.15. The molecule has 0 radical (unpaired) electrons. The molecular weight excluding hydrogens is 374 g/mol. The minimum absolute atomic E-state index is 0.0353. The Labute approximate surface area is 176 Å². The van der Waals surface area contributed by atoms with E-state index in [1.165, 1.54) is 0 Å². The second-order valence-electron chi connectivity index (χ2n) is 7.25. The zero-order valence-corrected chi connectivity index (χ0v) is 17.0. The number of amides is 2. The molecule has 0 aliphatic rings. The number of benzene rings is 3. The van der Waals surface area contributed by atoms with Crippen molar-refractivity contribution in [3.8, 4) is 17.2 Å². The number of hydrogen-bond acceptors (Lipinski definition) is 3. The minimum atomic E-state index is -0.261. The summed E-state index contributed by atoms with van der Waals surface area (Å²) in [5.74, 6) is -0.296. The summed E-state index contributed by atoms with van der Waals surface area (Å²) in [6.45, 7) is 3.84. The van der Waals surface area contributed by atoms with Crippen LogP contribution in [0.1, 0.15) is 35.3 Å². The van der Waals surface area contributed by atoms with Crippen LogP contribution in [0.4, 0.5) is 5.69 Å². The van der Waals surface area contributed by atoms with Crippen LogP contribution >= 0.6 is 0 Å². The standard InChI is InChI=1S/C25H23N3O2/c1-17(2)27-24(29)15-18-11-13-20(14-12-18)28-25(30)23-10-6-5-9-22(23)21-8-4-3-7-19(21)16-26/h3-14,17H,15H2,1-2H3,(H,27,29)(H,28,30). The molecule has 2 N–H and O–H groups in total. The predicted octanol–water partition coefficient (Wildman–Crippen LogP) is 4.54. The first-order chi connectivity index (χ1) is 14.5. The molecule has 0 atom stereocenters. The molecule has 5 heteroatoms. The number of anilines is 1. The van der Waals surface area contributed by atoms with Crippen LogP contribution in [-0.2, 0) is 11.2 Å². The smallest absolute Gasteiger partial charge is 0.256 e. The van der Waals surface area contributed by atoms with Gasteiger partial charge in [0.1, 0.15) is 0 Å². The van der Waals surface area contributed by atoms with Crippen molar-refractivity contribution in [3.05, 3.63) is 89.5 Å². The molecule has 150 valence electrons. The summed E-state index contributed by atoms with van der Waals surface area (Å²) >= 11 is 0. The number of nitriles is 1. The highest BCUT2D eigenvalue weighted by atomic mass is 16.2. The molecule has 0 aliphatic heterocycles. The van der Waals surface area contributed by atoms with Gasteiger partial charge >= 0.3 is 0 Å². The molecule has 0 saturated heterocycles. The summed E-state index contributed by atoms with van der Waals surface area (Å²) in [6, 6.07) is 23.9. The van der Waals surface area contributed by atoms with Crippen LogP contribution in [0.25, 0.3) is 11.1 Å². The Hall–Kier alpha value is -3.91. The van der Waals surface area contributed by atoms with Gasteiger partial charge in [-0.2, -0.15) is 5.26 Å². The van der Waals surface area contributed by atoms with Crippen LogP contribution in [0.15, 0.2) is 72.8 Å². The quantitative estimate of drug-likeness (QED) is 0.640. The van der Waals surface area contributed by atoms with Crippen LogP contribution in [0.2, 0.25) is 0 Å². The SMILES string of the molecule is CC(C)NC(=O)Cc1ccc(NC(=O)c2ccccc2-c2ccccc2C#N)cc1. The van der Waals surface area contributed by atoms with Crippen molar-refractivity contribution in [3.63, 3.8) is 0 Å². The minimum Gasteiger partial charge on any atom is -0.354 e. The van der Waals surface area contributed by atoms with E-state index in [0.29, 0.717) is 28.8 Å². The summed E-state index contributed by atoms with van der Waals surface area (Å²) in [7, 11) is 0. The Morgan fingerprint density at radius 3 is 2.20 bits per heavy atom. The fourth-order valence-corrected chi connectivity index (χ4v) is 3.19. The number of nitrogens with zero attached hydrogens (tertiary/aromatic N) is 1. The topological polar surface area (TPSA) is 82.0 Å². The molecule has 0 spiro atoms. The fraction of sp³-hybridized carbons (Fsp3) is 0.160. The second kappa shape index (κ2) is 9.53. The molecule has 5 nitrogen and oxygen atoms in total. The van der Waals surface area contributed by atoms with E-state index < -0.39 is 0 Å². The largest absolute Gasteiger partial charge is 0.354 e. The molecule has 3 rings (SSSR count). The van der Waals surface area contributed by atoms with E-state index in [1.807, 2.05) is 50.2 Å². The predicted molar refractivity (Wildman–Crippen MR) is 118 cm³/mol. The van der Waals surface area contributed by atoms with Gasteiger partial charge in [0, 0.05) is 22.9 Å². The number of rotatable bonds is 6. The van der Waals surface area contributed by atoms with E-state index in [0.717, 1.165) is 11.1 Å². The van der Waals surface area contributed by atoms with Gasteiger partial charge in [0.25, 0.3) is 5.91 Å². The summed E-state index contributed by atoms with van der Waals surface area (Å²) in [6.07, 6.45) is 0.292. The second-order valence-corrected chi connectivity index (χ2v) is 7.25. The normalized spacial score (nSPS) is 10.3. The Kier molecular flexibility index (Phi) is 6.61. The van der Waals surface area contributed by atoms with Gasteiger partial charge in [-0.15, -0.1) is 0 Å². The number of hydrogen-bond donors (Lipinski definition) is 2. The average molecular weight is 397 g/mol. The molecule has 0 fully saturated rings. The van der Waals surface area contributed by atoms with Crippen LogP contribution in [0, 0.1) is 11.3 Å². The van der Waals surface area contributed by atoms with Gasteiger partial charge in [0.15, 0.2) is 0 Å². The molecule has 0 bridgehead atoms. The third-order valence-electron chi connectivity index (χ3n) is 4.54. The van der Waals surface area contributed by atoms with Crippen molar-refractivity contribution in [2.45, 2.75) is 26.3 Å². The van der Waals surface area contributed by atoms with Gasteiger partial charge in [-0.05, 0) is 49.2 Å². The number of carbonyl (C=O) groups is 2. The van der Waals surface area contributed by atoms with E-state index >= 15 is 0 Å². The van der Waals surface area contributed by atoms with Crippen LogP contribution in [0.3, 0.4) is 0 Å². The first-order valence-electron chi connectivity index (χ1n) is 9.76. The van der Waals surface area contributed by atoms with Crippen LogP contribution < -0.4 is 10.6 Å². The highest BCUT2D eigenvalue weighted by molar-refractivity contribution is 6.09. The van der Waals surface area contributed by atoms with E-state index in [-0.39, 0.29) is 17.9 Å². The lowest BCUT2D eigenvalue weighted by molar-refractivity contribution is -0.120. The van der Waals surface area contributed by atoms with Gasteiger partial charge < -0.3 is 10.6 Å². The Bertz CT molecular complexity index is 1100. The lowest BCUT2D eigenvalue weighted by Gasteiger charge is -2.12. The maximum Gasteiger partial charge on any atom is 0.256 e. The zero-order chi connectivity index (χ0) is 21.5. The Balaban J connectivity index is 1.78. The number of carbonyl (C=O) groups excluding carboxylic acids is 2. The molecule has 0 saturated carbocycles. The monoisotopic (exact) mass is 397 g/mol. The molecule has 0 heterocycles. The zero-order valence-electron chi connectivity index (χ0n) is 17.0. The maximum atomic E-state index is 12.9. The Morgan fingerprint density at radius 1 is 0.900 bits per heavy atom. The van der Waals surface area contributed by atoms with E-state index in [9.17, 15) is 14.9 Å². The lowest BCUT2D eigenvalue weighted by Crippen LogP contribution is -2.31. The molecule has 0 aromatic heterocycles. The summed E-state index contributed by atoms with van der Waals surface area (Å²) < 4.78 is 0. The third-order valence-corrected chi connectivity index (χ3v) is 4.54. The van der Waals surface area contributed by atoms with Crippen LogP contribution in [0.5, 0.6) is 0 Å². The molecule has 3 aromatic carbocycles. The number of nitrogens with one attached hydrogen (secondary N) is 2. The highest BCUT2D eigenvalue weighted by Crippen LogP contribution is 2.27. The van der Waals surface area contributed by atoms with E-state index in [1.54, 1.807) is 36.4 Å². The molecule has 30 heavy (non-hydrogen) atoms. The molecule has 0 aliphatic carbocycles. The summed E-state index contributed by atoms with van der Waals surface area (Å²) in [4.78, 5) is 24.8. The van der Waals surface area contributed by atoms with Crippen LogP contribution in [-0.4, -0.2) is 17.9 Å². The van der Waals surface area contributed by atoms with Gasteiger partial charge in [-0.3, -0.25) is 9.59 Å². The van der Waals surface area contributed by atoms with E-state index in [2.05, 4.69) is 16.7 Å². The van der Waals surface area contributed by atoms with Gasteiger partial charge in [-0.25, -0.2) is 0 Å². The van der Waals surface area contributed by atoms with Gasteiger partial charge in [0.2, 0.25) is 5.91 Å². The maximum absolute atomic E-state index is 12.9. The van der Waals surface area contributed by atoms with Gasteiger partial charge in [-0.1, -0.05) is 48.5 Å². The summed E-state index contributed by atoms with van der Waals surface area (Å²) in [5.41, 5.74) is 3.93. The van der Waals surface area contributed by atoms with Crippen molar-refractivity contribution in [2.75, 3.05) is 5.32 Å². The lowest BCUT2D eigenvalue weighted by atomic mass is 9.95. The van der Waals surface area contributed by atoms with E-state index in [4.69, 9.17) is 0 Å². The van der Waals surface area contributed by atoms with Crippen molar-refractivity contribution < 1.29 is 9.59 Å². The Morgan fingerprint density at radius 2 is 1.53 bits per heavy atom. The molecule has 0 unspecified atom stereocenters. The molecular formula is C25H23N3O2. The average Bonchev–Trinajstić information content (AvgIpc) is 2.74. The van der Waals surface area contributed by atoms with Gasteiger partial charge in [0.05, 0.1) is 18.1 Å². The molecule has 3 aromatic rings. The summed E-state index contributed by atoms with van der Waals surface area (Å²) in [5, 5.41) is 15.2. The first kappa shape index (κ1) is 20.8. The molecule has 2 amide bonds.